The van der Waals surface area contributed by atoms with Gasteiger partial charge in [0.25, 0.3) is 0 Å². The molecule has 18 heavy (non-hydrogen) atoms. The SMILES string of the molecule is O=C(O)CC(NC(=O)NCC1CCOC1)C1CC1. The minimum atomic E-state index is -0.864. The molecule has 1 aliphatic heterocycles. The minimum Gasteiger partial charge on any atom is -0.481 e. The predicted molar refractivity (Wildman–Crippen MR) is 64.2 cm³/mol. The van der Waals surface area contributed by atoms with E-state index in [4.69, 9.17) is 9.84 Å². The zero-order valence-electron chi connectivity index (χ0n) is 10.4. The Labute approximate surface area is 106 Å². The standard InChI is InChI=1S/C12H20N2O4/c15-11(16)5-10(9-1-2-9)14-12(17)13-6-8-3-4-18-7-8/h8-10H,1-7H2,(H,15,16)(H2,13,14,17). The summed E-state index contributed by atoms with van der Waals surface area (Å²) in [6.07, 6.45) is 3.00. The van der Waals surface area contributed by atoms with Crippen molar-refractivity contribution in [1.29, 1.82) is 0 Å². The quantitative estimate of drug-likeness (QED) is 0.648. The third kappa shape index (κ3) is 4.18. The predicted octanol–water partition coefficient (Wildman–Crippen LogP) is 0.575. The van der Waals surface area contributed by atoms with E-state index in [0.717, 1.165) is 25.9 Å². The highest BCUT2D eigenvalue weighted by Crippen LogP contribution is 2.33. The van der Waals surface area contributed by atoms with Crippen molar-refractivity contribution in [2.24, 2.45) is 11.8 Å². The van der Waals surface area contributed by atoms with Gasteiger partial charge in [0, 0.05) is 25.1 Å². The van der Waals surface area contributed by atoms with Crippen LogP contribution < -0.4 is 10.6 Å². The maximum Gasteiger partial charge on any atom is 0.315 e. The zero-order valence-corrected chi connectivity index (χ0v) is 10.4. The molecule has 2 aliphatic rings. The van der Waals surface area contributed by atoms with Crippen molar-refractivity contribution in [2.75, 3.05) is 19.8 Å². The Bertz CT molecular complexity index is 311. The molecular formula is C12H20N2O4. The molecule has 1 saturated carbocycles. The fourth-order valence-corrected chi connectivity index (χ4v) is 2.22. The highest BCUT2D eigenvalue weighted by atomic mass is 16.5. The lowest BCUT2D eigenvalue weighted by Gasteiger charge is -2.17. The van der Waals surface area contributed by atoms with E-state index in [1.54, 1.807) is 0 Å². The summed E-state index contributed by atoms with van der Waals surface area (Å²) in [5, 5.41) is 14.3. The molecule has 0 aromatic heterocycles. The lowest BCUT2D eigenvalue weighted by Crippen LogP contribution is -2.45. The second-order valence-electron chi connectivity index (χ2n) is 5.13. The molecular weight excluding hydrogens is 236 g/mol. The van der Waals surface area contributed by atoms with Crippen LogP contribution in [-0.2, 0) is 9.53 Å². The van der Waals surface area contributed by atoms with Gasteiger partial charge in [-0.2, -0.15) is 0 Å². The number of carboxylic acid groups (broad SMARTS) is 1. The van der Waals surface area contributed by atoms with Gasteiger partial charge in [-0.15, -0.1) is 0 Å². The Kier molecular flexibility index (Phi) is 4.41. The van der Waals surface area contributed by atoms with E-state index in [0.29, 0.717) is 25.0 Å². The molecule has 1 heterocycles. The van der Waals surface area contributed by atoms with Crippen molar-refractivity contribution < 1.29 is 19.4 Å². The van der Waals surface area contributed by atoms with E-state index in [1.165, 1.54) is 0 Å². The molecule has 0 spiro atoms. The third-order valence-electron chi connectivity index (χ3n) is 3.48. The van der Waals surface area contributed by atoms with Gasteiger partial charge in [0.2, 0.25) is 0 Å². The maximum atomic E-state index is 11.7. The summed E-state index contributed by atoms with van der Waals surface area (Å²) in [5.41, 5.74) is 0. The highest BCUT2D eigenvalue weighted by Gasteiger charge is 2.33. The van der Waals surface area contributed by atoms with E-state index in [-0.39, 0.29) is 18.5 Å². The van der Waals surface area contributed by atoms with Crippen molar-refractivity contribution in [3.05, 3.63) is 0 Å². The second-order valence-corrected chi connectivity index (χ2v) is 5.13. The normalized spacial score (nSPS) is 24.6. The van der Waals surface area contributed by atoms with Gasteiger partial charge in [0.1, 0.15) is 0 Å². The largest absolute Gasteiger partial charge is 0.481 e. The molecule has 1 aliphatic carbocycles. The number of hydrogen-bond donors (Lipinski definition) is 3. The van der Waals surface area contributed by atoms with Gasteiger partial charge in [-0.3, -0.25) is 4.79 Å². The average Bonchev–Trinajstić information content (AvgIpc) is 3.02. The smallest absolute Gasteiger partial charge is 0.315 e. The molecule has 102 valence electrons. The first kappa shape index (κ1) is 13.1. The number of urea groups is 1. The first-order valence-corrected chi connectivity index (χ1v) is 6.49. The van der Waals surface area contributed by atoms with Gasteiger partial charge < -0.3 is 20.5 Å². The Morgan fingerprint density at radius 1 is 1.33 bits per heavy atom. The molecule has 2 atom stereocenters. The van der Waals surface area contributed by atoms with Crippen LogP contribution >= 0.6 is 0 Å². The summed E-state index contributed by atoms with van der Waals surface area (Å²) in [6, 6.07) is -0.498. The van der Waals surface area contributed by atoms with Crippen molar-refractivity contribution in [1.82, 2.24) is 10.6 Å². The van der Waals surface area contributed by atoms with Crippen LogP contribution in [0.15, 0.2) is 0 Å². The van der Waals surface area contributed by atoms with E-state index >= 15 is 0 Å². The van der Waals surface area contributed by atoms with Crippen LogP contribution in [0.5, 0.6) is 0 Å². The van der Waals surface area contributed by atoms with E-state index in [1.807, 2.05) is 0 Å². The first-order valence-electron chi connectivity index (χ1n) is 6.49. The number of carboxylic acids is 1. The zero-order chi connectivity index (χ0) is 13.0. The second kappa shape index (κ2) is 6.04. The Morgan fingerprint density at radius 3 is 2.67 bits per heavy atom. The van der Waals surface area contributed by atoms with Gasteiger partial charge in [-0.25, -0.2) is 4.79 Å². The number of hydrogen-bond acceptors (Lipinski definition) is 3. The molecule has 3 N–H and O–H groups in total. The number of aliphatic carboxylic acids is 1. The van der Waals surface area contributed by atoms with Crippen LogP contribution in [-0.4, -0.2) is 42.9 Å². The summed E-state index contributed by atoms with van der Waals surface area (Å²) >= 11 is 0. The topological polar surface area (TPSA) is 87.7 Å². The number of amides is 2. The van der Waals surface area contributed by atoms with Gasteiger partial charge in [-0.1, -0.05) is 0 Å². The Hall–Kier alpha value is -1.30. The van der Waals surface area contributed by atoms with E-state index < -0.39 is 5.97 Å². The molecule has 0 radical (unpaired) electrons. The highest BCUT2D eigenvalue weighted by molar-refractivity contribution is 5.75. The molecule has 2 amide bonds. The van der Waals surface area contributed by atoms with Crippen molar-refractivity contribution in [3.8, 4) is 0 Å². The average molecular weight is 256 g/mol. The van der Waals surface area contributed by atoms with Crippen LogP contribution in [0.1, 0.15) is 25.7 Å². The van der Waals surface area contributed by atoms with Crippen LogP contribution in [0.25, 0.3) is 0 Å². The van der Waals surface area contributed by atoms with E-state index in [2.05, 4.69) is 10.6 Å². The summed E-state index contributed by atoms with van der Waals surface area (Å²) in [4.78, 5) is 22.4. The lowest BCUT2D eigenvalue weighted by molar-refractivity contribution is -0.137. The molecule has 0 bridgehead atoms. The fraction of sp³-hybridized carbons (Fsp3) is 0.833. The fourth-order valence-electron chi connectivity index (χ4n) is 2.22. The molecule has 6 heteroatoms. The summed E-state index contributed by atoms with van der Waals surface area (Å²) in [6.45, 7) is 2.05. The van der Waals surface area contributed by atoms with Gasteiger partial charge in [-0.05, 0) is 25.2 Å². The molecule has 0 aromatic rings. The molecule has 2 fully saturated rings. The van der Waals surface area contributed by atoms with E-state index in [9.17, 15) is 9.59 Å². The lowest BCUT2D eigenvalue weighted by atomic mass is 10.1. The molecule has 2 rings (SSSR count). The van der Waals surface area contributed by atoms with Crippen LogP contribution in [0.2, 0.25) is 0 Å². The molecule has 2 unspecified atom stereocenters. The Balaban J connectivity index is 1.68. The van der Waals surface area contributed by atoms with Gasteiger partial charge in [0.15, 0.2) is 0 Å². The third-order valence-corrected chi connectivity index (χ3v) is 3.48. The first-order chi connectivity index (χ1) is 8.65. The van der Waals surface area contributed by atoms with Crippen LogP contribution in [0.4, 0.5) is 4.79 Å². The molecule has 0 aromatic carbocycles. The van der Waals surface area contributed by atoms with Crippen molar-refractivity contribution in [3.63, 3.8) is 0 Å². The van der Waals surface area contributed by atoms with Crippen molar-refractivity contribution in [2.45, 2.75) is 31.7 Å². The van der Waals surface area contributed by atoms with Crippen LogP contribution in [0.3, 0.4) is 0 Å². The number of rotatable bonds is 6. The summed E-state index contributed by atoms with van der Waals surface area (Å²) in [7, 11) is 0. The minimum absolute atomic E-state index is 0.00459. The maximum absolute atomic E-state index is 11.7. The number of ether oxygens (including phenoxy) is 1. The Morgan fingerprint density at radius 2 is 2.11 bits per heavy atom. The van der Waals surface area contributed by atoms with Gasteiger partial charge >= 0.3 is 12.0 Å². The van der Waals surface area contributed by atoms with Crippen LogP contribution in [0, 0.1) is 11.8 Å². The number of carbonyl (C=O) groups is 2. The number of carbonyl (C=O) groups excluding carboxylic acids is 1. The molecule has 1 saturated heterocycles. The monoisotopic (exact) mass is 256 g/mol. The summed E-state index contributed by atoms with van der Waals surface area (Å²) in [5.74, 6) is -0.146. The molecule has 6 nitrogen and oxygen atoms in total. The summed E-state index contributed by atoms with van der Waals surface area (Å²) < 4.78 is 5.22. The number of nitrogens with one attached hydrogen (secondary N) is 2. The van der Waals surface area contributed by atoms with Crippen molar-refractivity contribution >= 4 is 12.0 Å². The van der Waals surface area contributed by atoms with Gasteiger partial charge in [0.05, 0.1) is 13.0 Å².